The SMILES string of the molecule is C/C=C\C(C)(/C=C\C)N(C)[O-]. The third-order valence-corrected chi connectivity index (χ3v) is 1.69. The van der Waals surface area contributed by atoms with Crippen molar-refractivity contribution in [1.29, 1.82) is 0 Å². The van der Waals surface area contributed by atoms with Crippen LogP contribution in [0, 0.1) is 5.21 Å². The molecule has 0 fully saturated rings. The number of hydroxylamine groups is 2. The summed E-state index contributed by atoms with van der Waals surface area (Å²) in [6.45, 7) is 5.69. The van der Waals surface area contributed by atoms with Crippen molar-refractivity contribution in [3.05, 3.63) is 29.5 Å². The third-order valence-electron chi connectivity index (χ3n) is 1.69. The van der Waals surface area contributed by atoms with Gasteiger partial charge < -0.3 is 10.3 Å². The Hall–Kier alpha value is -0.600. The van der Waals surface area contributed by atoms with Gasteiger partial charge in [0.05, 0.1) is 0 Å². The molecule has 0 amide bonds. The van der Waals surface area contributed by atoms with E-state index in [-0.39, 0.29) is 0 Å². The second-order valence-electron chi connectivity index (χ2n) is 2.72. The normalized spacial score (nSPS) is 14.0. The van der Waals surface area contributed by atoms with Crippen LogP contribution < -0.4 is 0 Å². The molecule has 0 heterocycles. The van der Waals surface area contributed by atoms with E-state index >= 15 is 0 Å². The van der Waals surface area contributed by atoms with Gasteiger partial charge in [0.25, 0.3) is 0 Å². The lowest BCUT2D eigenvalue weighted by atomic mass is 10.0. The molecule has 0 bridgehead atoms. The number of nitrogens with zero attached hydrogens (tertiary/aromatic N) is 1. The van der Waals surface area contributed by atoms with Gasteiger partial charge in [-0.25, -0.2) is 0 Å². The first-order valence-electron chi connectivity index (χ1n) is 3.75. The molecule has 0 aliphatic rings. The van der Waals surface area contributed by atoms with Gasteiger partial charge in [-0.2, -0.15) is 0 Å². The lowest BCUT2D eigenvalue weighted by Crippen LogP contribution is -2.35. The van der Waals surface area contributed by atoms with E-state index in [0.717, 1.165) is 5.06 Å². The van der Waals surface area contributed by atoms with Crippen LogP contribution in [0.5, 0.6) is 0 Å². The van der Waals surface area contributed by atoms with Crippen molar-refractivity contribution in [2.24, 2.45) is 0 Å². The molecule has 11 heavy (non-hydrogen) atoms. The van der Waals surface area contributed by atoms with E-state index in [1.54, 1.807) is 0 Å². The Morgan fingerprint density at radius 3 is 1.73 bits per heavy atom. The van der Waals surface area contributed by atoms with Crippen LogP contribution in [0.25, 0.3) is 0 Å². The summed E-state index contributed by atoms with van der Waals surface area (Å²) in [5.74, 6) is 0. The fourth-order valence-corrected chi connectivity index (χ4v) is 0.940. The van der Waals surface area contributed by atoms with Gasteiger partial charge in [-0.1, -0.05) is 24.3 Å². The maximum Gasteiger partial charge on any atom is 0.0430 e. The van der Waals surface area contributed by atoms with Crippen LogP contribution >= 0.6 is 0 Å². The molecule has 2 nitrogen and oxygen atoms in total. The Morgan fingerprint density at radius 1 is 1.18 bits per heavy atom. The summed E-state index contributed by atoms with van der Waals surface area (Å²) in [7, 11) is 1.53. The fraction of sp³-hybridized carbons (Fsp3) is 0.556. The van der Waals surface area contributed by atoms with Gasteiger partial charge >= 0.3 is 0 Å². The molecule has 0 saturated carbocycles. The minimum atomic E-state index is -0.483. The zero-order valence-electron chi connectivity index (χ0n) is 7.66. The predicted octanol–water partition coefficient (Wildman–Crippen LogP) is 2.33. The topological polar surface area (TPSA) is 26.3 Å². The van der Waals surface area contributed by atoms with E-state index in [4.69, 9.17) is 0 Å². The molecular formula is C9H16NO-. The van der Waals surface area contributed by atoms with E-state index in [0.29, 0.717) is 0 Å². The van der Waals surface area contributed by atoms with Gasteiger partial charge in [-0.15, -0.1) is 0 Å². The Labute approximate surface area is 68.8 Å². The molecule has 0 aromatic heterocycles. The highest BCUT2D eigenvalue weighted by Crippen LogP contribution is 2.15. The van der Waals surface area contributed by atoms with Crippen LogP contribution in [-0.2, 0) is 0 Å². The molecule has 0 saturated heterocycles. The minimum Gasteiger partial charge on any atom is -0.784 e. The Balaban J connectivity index is 4.51. The van der Waals surface area contributed by atoms with Crippen molar-refractivity contribution in [3.63, 3.8) is 0 Å². The van der Waals surface area contributed by atoms with E-state index in [9.17, 15) is 5.21 Å². The monoisotopic (exact) mass is 154 g/mol. The second-order valence-corrected chi connectivity index (χ2v) is 2.72. The lowest BCUT2D eigenvalue weighted by molar-refractivity contribution is 0.323. The molecule has 0 unspecified atom stereocenters. The summed E-state index contributed by atoms with van der Waals surface area (Å²) in [6, 6.07) is 0. The van der Waals surface area contributed by atoms with Crippen LogP contribution in [0.15, 0.2) is 24.3 Å². The predicted molar refractivity (Wildman–Crippen MR) is 49.2 cm³/mol. The van der Waals surface area contributed by atoms with Crippen molar-refractivity contribution < 1.29 is 0 Å². The zero-order valence-corrected chi connectivity index (χ0v) is 7.66. The van der Waals surface area contributed by atoms with E-state index in [1.807, 2.05) is 45.1 Å². The Bertz CT molecular complexity index is 147. The highest BCUT2D eigenvalue weighted by Gasteiger charge is 2.14. The average Bonchev–Trinajstić information content (AvgIpc) is 1.88. The summed E-state index contributed by atoms with van der Waals surface area (Å²) < 4.78 is 0. The van der Waals surface area contributed by atoms with Gasteiger partial charge in [0.15, 0.2) is 0 Å². The van der Waals surface area contributed by atoms with Crippen molar-refractivity contribution in [3.8, 4) is 0 Å². The quantitative estimate of drug-likeness (QED) is 0.460. The standard InChI is InChI=1S/C9H16NO/c1-5-7-9(3,8-6-2)10(4)11/h5-8H,1-4H3/q-1/b7-5-,8-6-. The van der Waals surface area contributed by atoms with Crippen molar-refractivity contribution in [2.75, 3.05) is 7.05 Å². The summed E-state index contributed by atoms with van der Waals surface area (Å²) in [4.78, 5) is 0. The van der Waals surface area contributed by atoms with Crippen LogP contribution in [-0.4, -0.2) is 17.6 Å². The molecule has 0 rings (SSSR count). The van der Waals surface area contributed by atoms with Crippen molar-refractivity contribution in [2.45, 2.75) is 26.3 Å². The summed E-state index contributed by atoms with van der Waals surface area (Å²) in [5, 5.41) is 12.0. The summed E-state index contributed by atoms with van der Waals surface area (Å²) in [5.41, 5.74) is -0.483. The number of allylic oxidation sites excluding steroid dienone is 2. The van der Waals surface area contributed by atoms with Crippen LogP contribution in [0.4, 0.5) is 0 Å². The molecule has 0 aliphatic carbocycles. The first-order valence-corrected chi connectivity index (χ1v) is 3.75. The molecule has 0 aliphatic heterocycles. The molecule has 0 atom stereocenters. The number of hydrogen-bond acceptors (Lipinski definition) is 2. The Morgan fingerprint density at radius 2 is 1.55 bits per heavy atom. The molecule has 0 spiro atoms. The summed E-state index contributed by atoms with van der Waals surface area (Å²) in [6.07, 6.45) is 7.52. The first kappa shape index (κ1) is 10.4. The molecular weight excluding hydrogens is 138 g/mol. The molecule has 0 aromatic carbocycles. The van der Waals surface area contributed by atoms with Gasteiger partial charge in [0, 0.05) is 5.54 Å². The number of hydrogen-bond donors (Lipinski definition) is 0. The molecule has 64 valence electrons. The second kappa shape index (κ2) is 4.31. The first-order chi connectivity index (χ1) is 5.06. The minimum absolute atomic E-state index is 0.483. The van der Waals surface area contributed by atoms with E-state index in [1.165, 1.54) is 7.05 Å². The average molecular weight is 154 g/mol. The highest BCUT2D eigenvalue weighted by molar-refractivity contribution is 5.16. The summed E-state index contributed by atoms with van der Waals surface area (Å²) >= 11 is 0. The van der Waals surface area contributed by atoms with Gasteiger partial charge in [-0.3, -0.25) is 0 Å². The van der Waals surface area contributed by atoms with Crippen LogP contribution in [0.2, 0.25) is 0 Å². The fourth-order valence-electron chi connectivity index (χ4n) is 0.940. The number of likely N-dealkylation sites (N-methyl/N-ethyl adjacent to an activating group) is 1. The smallest absolute Gasteiger partial charge is 0.0430 e. The molecule has 0 aromatic rings. The maximum atomic E-state index is 11.1. The molecule has 2 heteroatoms. The van der Waals surface area contributed by atoms with E-state index in [2.05, 4.69) is 0 Å². The van der Waals surface area contributed by atoms with Gasteiger partial charge in [0.2, 0.25) is 0 Å². The molecule has 0 N–H and O–H groups in total. The maximum absolute atomic E-state index is 11.1. The van der Waals surface area contributed by atoms with Gasteiger partial charge in [-0.05, 0) is 27.8 Å². The van der Waals surface area contributed by atoms with Crippen molar-refractivity contribution in [1.82, 2.24) is 5.06 Å². The number of rotatable bonds is 3. The van der Waals surface area contributed by atoms with Crippen LogP contribution in [0.3, 0.4) is 0 Å². The molecule has 0 radical (unpaired) electrons. The third kappa shape index (κ3) is 2.87. The van der Waals surface area contributed by atoms with Crippen molar-refractivity contribution >= 4 is 0 Å². The highest BCUT2D eigenvalue weighted by atomic mass is 16.5. The largest absolute Gasteiger partial charge is 0.784 e. The Kier molecular flexibility index (Phi) is 4.08. The van der Waals surface area contributed by atoms with Crippen LogP contribution in [0.1, 0.15) is 20.8 Å². The van der Waals surface area contributed by atoms with E-state index < -0.39 is 5.54 Å². The zero-order chi connectivity index (χ0) is 8.91. The lowest BCUT2D eigenvalue weighted by Gasteiger charge is -2.39. The van der Waals surface area contributed by atoms with Gasteiger partial charge in [0.1, 0.15) is 0 Å².